The van der Waals surface area contributed by atoms with Crippen LogP contribution in [-0.4, -0.2) is 16.2 Å². The third-order valence-corrected chi connectivity index (χ3v) is 3.83. The summed E-state index contributed by atoms with van der Waals surface area (Å²) < 4.78 is 7.96. The molecule has 0 N–H and O–H groups in total. The first-order valence-electron chi connectivity index (χ1n) is 7.25. The summed E-state index contributed by atoms with van der Waals surface area (Å²) in [5.41, 5.74) is 6.01. The van der Waals surface area contributed by atoms with Gasteiger partial charge in [0, 0.05) is 0 Å². The van der Waals surface area contributed by atoms with Crippen LogP contribution in [0.4, 0.5) is 0 Å². The molecule has 0 saturated carbocycles. The first-order valence-corrected chi connectivity index (χ1v) is 7.25. The van der Waals surface area contributed by atoms with Crippen LogP contribution in [0.5, 0.6) is 5.75 Å². The van der Waals surface area contributed by atoms with Gasteiger partial charge in [-0.2, -0.15) is 0 Å². The van der Waals surface area contributed by atoms with Gasteiger partial charge in [-0.25, -0.2) is 4.98 Å². The van der Waals surface area contributed by atoms with Crippen molar-refractivity contribution in [2.24, 2.45) is 0 Å². The van der Waals surface area contributed by atoms with Gasteiger partial charge in [0.25, 0.3) is 0 Å². The standard InChI is InChI=1S/C18H20N2O/c1-13-5-4-6-16(9-13)21-8-7-20-12-19-17-10-14(2)15(3)11-18(17)20/h4-6,9-12H,7-8H2,1-3H3. The van der Waals surface area contributed by atoms with Gasteiger partial charge in [0.05, 0.1) is 23.9 Å². The monoisotopic (exact) mass is 280 g/mol. The van der Waals surface area contributed by atoms with Crippen LogP contribution in [0.1, 0.15) is 16.7 Å². The zero-order valence-corrected chi connectivity index (χ0v) is 12.8. The second-order valence-corrected chi connectivity index (χ2v) is 5.53. The molecule has 1 aromatic heterocycles. The third kappa shape index (κ3) is 2.92. The van der Waals surface area contributed by atoms with Gasteiger partial charge in [0.15, 0.2) is 0 Å². The molecular formula is C18H20N2O. The van der Waals surface area contributed by atoms with Crippen molar-refractivity contribution in [1.82, 2.24) is 9.55 Å². The molecule has 0 amide bonds. The van der Waals surface area contributed by atoms with Crippen molar-refractivity contribution in [3.05, 3.63) is 59.4 Å². The lowest BCUT2D eigenvalue weighted by atomic mass is 10.1. The molecule has 108 valence electrons. The average molecular weight is 280 g/mol. The lowest BCUT2D eigenvalue weighted by molar-refractivity contribution is 0.300. The highest BCUT2D eigenvalue weighted by atomic mass is 16.5. The van der Waals surface area contributed by atoms with Crippen molar-refractivity contribution < 1.29 is 4.74 Å². The lowest BCUT2D eigenvalue weighted by Gasteiger charge is -2.09. The maximum atomic E-state index is 5.81. The Bertz CT molecular complexity index is 774. The highest BCUT2D eigenvalue weighted by Gasteiger charge is 2.05. The second kappa shape index (κ2) is 5.60. The van der Waals surface area contributed by atoms with E-state index in [9.17, 15) is 0 Å². The van der Waals surface area contributed by atoms with Crippen LogP contribution in [0.2, 0.25) is 0 Å². The maximum absolute atomic E-state index is 5.81. The fraction of sp³-hybridized carbons (Fsp3) is 0.278. The van der Waals surface area contributed by atoms with E-state index >= 15 is 0 Å². The minimum Gasteiger partial charge on any atom is -0.492 e. The van der Waals surface area contributed by atoms with Crippen molar-refractivity contribution >= 4 is 11.0 Å². The topological polar surface area (TPSA) is 27.1 Å². The number of hydrogen-bond acceptors (Lipinski definition) is 2. The molecule has 0 aliphatic rings. The Labute approximate surface area is 125 Å². The first kappa shape index (κ1) is 13.7. The van der Waals surface area contributed by atoms with E-state index in [4.69, 9.17) is 4.74 Å². The molecule has 3 rings (SSSR count). The van der Waals surface area contributed by atoms with Crippen molar-refractivity contribution in [3.63, 3.8) is 0 Å². The van der Waals surface area contributed by atoms with Gasteiger partial charge in [-0.05, 0) is 61.7 Å². The number of ether oxygens (including phenoxy) is 1. The van der Waals surface area contributed by atoms with Crippen molar-refractivity contribution in [3.8, 4) is 5.75 Å². The molecule has 1 heterocycles. The Kier molecular flexibility index (Phi) is 3.65. The highest BCUT2D eigenvalue weighted by Crippen LogP contribution is 2.18. The predicted molar refractivity (Wildman–Crippen MR) is 85.9 cm³/mol. The second-order valence-electron chi connectivity index (χ2n) is 5.53. The van der Waals surface area contributed by atoms with Crippen LogP contribution >= 0.6 is 0 Å². The summed E-state index contributed by atoms with van der Waals surface area (Å²) >= 11 is 0. The van der Waals surface area contributed by atoms with Gasteiger partial charge >= 0.3 is 0 Å². The number of fused-ring (bicyclic) bond motifs is 1. The number of nitrogens with zero attached hydrogens (tertiary/aromatic N) is 2. The molecule has 0 saturated heterocycles. The summed E-state index contributed by atoms with van der Waals surface area (Å²) in [6.07, 6.45) is 1.89. The fourth-order valence-corrected chi connectivity index (χ4v) is 2.46. The Balaban J connectivity index is 1.72. The number of aryl methyl sites for hydroxylation is 3. The zero-order chi connectivity index (χ0) is 14.8. The van der Waals surface area contributed by atoms with E-state index < -0.39 is 0 Å². The Hall–Kier alpha value is -2.29. The van der Waals surface area contributed by atoms with Gasteiger partial charge in [-0.3, -0.25) is 0 Å². The minimum absolute atomic E-state index is 0.641. The smallest absolute Gasteiger partial charge is 0.119 e. The van der Waals surface area contributed by atoms with Crippen LogP contribution in [0.15, 0.2) is 42.7 Å². The summed E-state index contributed by atoms with van der Waals surface area (Å²) in [6, 6.07) is 12.5. The van der Waals surface area contributed by atoms with Gasteiger partial charge in [0.1, 0.15) is 12.4 Å². The predicted octanol–water partition coefficient (Wildman–Crippen LogP) is 4.04. The largest absolute Gasteiger partial charge is 0.492 e. The number of aromatic nitrogens is 2. The maximum Gasteiger partial charge on any atom is 0.119 e. The average Bonchev–Trinajstić information content (AvgIpc) is 2.82. The molecule has 0 unspecified atom stereocenters. The third-order valence-electron chi connectivity index (χ3n) is 3.83. The van der Waals surface area contributed by atoms with Crippen molar-refractivity contribution in [1.29, 1.82) is 0 Å². The van der Waals surface area contributed by atoms with E-state index in [-0.39, 0.29) is 0 Å². The van der Waals surface area contributed by atoms with E-state index in [0.29, 0.717) is 6.61 Å². The number of benzene rings is 2. The molecule has 3 nitrogen and oxygen atoms in total. The quantitative estimate of drug-likeness (QED) is 0.721. The number of imidazole rings is 1. The zero-order valence-electron chi connectivity index (χ0n) is 12.8. The molecule has 0 spiro atoms. The van der Waals surface area contributed by atoms with Gasteiger partial charge in [-0.15, -0.1) is 0 Å². The van der Waals surface area contributed by atoms with E-state index in [1.165, 1.54) is 22.2 Å². The minimum atomic E-state index is 0.641. The molecule has 0 aliphatic carbocycles. The fourth-order valence-electron chi connectivity index (χ4n) is 2.46. The van der Waals surface area contributed by atoms with Gasteiger partial charge in [-0.1, -0.05) is 12.1 Å². The summed E-state index contributed by atoms with van der Waals surface area (Å²) in [7, 11) is 0. The normalized spacial score (nSPS) is 11.0. The van der Waals surface area contributed by atoms with Gasteiger partial charge < -0.3 is 9.30 Å². The van der Waals surface area contributed by atoms with Crippen LogP contribution in [0.25, 0.3) is 11.0 Å². The summed E-state index contributed by atoms with van der Waals surface area (Å²) in [4.78, 5) is 4.47. The first-order chi connectivity index (χ1) is 10.1. The van der Waals surface area contributed by atoms with E-state index in [0.717, 1.165) is 17.8 Å². The van der Waals surface area contributed by atoms with Gasteiger partial charge in [0.2, 0.25) is 0 Å². The molecule has 3 heteroatoms. The highest BCUT2D eigenvalue weighted by molar-refractivity contribution is 5.77. The Morgan fingerprint density at radius 1 is 1.05 bits per heavy atom. The summed E-state index contributed by atoms with van der Waals surface area (Å²) in [5.74, 6) is 0.923. The van der Waals surface area contributed by atoms with Crippen LogP contribution in [-0.2, 0) is 6.54 Å². The van der Waals surface area contributed by atoms with Crippen molar-refractivity contribution in [2.45, 2.75) is 27.3 Å². The van der Waals surface area contributed by atoms with Crippen LogP contribution < -0.4 is 4.74 Å². The number of hydrogen-bond donors (Lipinski definition) is 0. The molecule has 0 aliphatic heterocycles. The van der Waals surface area contributed by atoms with E-state index in [1.807, 2.05) is 18.5 Å². The molecule has 2 aromatic carbocycles. The SMILES string of the molecule is Cc1cccc(OCCn2cnc3cc(C)c(C)cc32)c1. The lowest BCUT2D eigenvalue weighted by Crippen LogP contribution is -2.07. The number of rotatable bonds is 4. The molecule has 0 atom stereocenters. The summed E-state index contributed by atoms with van der Waals surface area (Å²) in [6.45, 7) is 7.76. The molecule has 3 aromatic rings. The molecule has 0 bridgehead atoms. The van der Waals surface area contributed by atoms with E-state index in [1.54, 1.807) is 0 Å². The molecular weight excluding hydrogens is 260 g/mol. The van der Waals surface area contributed by atoms with Crippen molar-refractivity contribution in [2.75, 3.05) is 6.61 Å². The summed E-state index contributed by atoms with van der Waals surface area (Å²) in [5, 5.41) is 0. The Morgan fingerprint density at radius 2 is 1.86 bits per heavy atom. The molecule has 0 fully saturated rings. The van der Waals surface area contributed by atoms with Crippen LogP contribution in [0, 0.1) is 20.8 Å². The van der Waals surface area contributed by atoms with E-state index in [2.05, 4.69) is 54.6 Å². The molecule has 21 heavy (non-hydrogen) atoms. The molecule has 0 radical (unpaired) electrons. The van der Waals surface area contributed by atoms with Crippen LogP contribution in [0.3, 0.4) is 0 Å². The Morgan fingerprint density at radius 3 is 2.67 bits per heavy atom.